The van der Waals surface area contributed by atoms with Crippen LogP contribution in [0.3, 0.4) is 0 Å². The number of hydrogen-bond donors (Lipinski definition) is 1. The fraction of sp³-hybridized carbons (Fsp3) is 0.474. The van der Waals surface area contributed by atoms with Crippen LogP contribution in [-0.2, 0) is 19.9 Å². The second-order valence-corrected chi connectivity index (χ2v) is 16.9. The summed E-state index contributed by atoms with van der Waals surface area (Å²) in [5.74, 6) is -6.40. The number of rotatable bonds is 13. The molecular formula is C38H39Cl2F5N8O3. The van der Waals surface area contributed by atoms with Crippen molar-refractivity contribution in [2.45, 2.75) is 96.2 Å². The molecule has 2 aromatic heterocycles. The maximum absolute atomic E-state index is 15.1. The number of esters is 1. The molecule has 7 rings (SSSR count). The van der Waals surface area contributed by atoms with Crippen LogP contribution in [0.1, 0.15) is 102 Å². The van der Waals surface area contributed by atoms with Crippen molar-refractivity contribution < 1.29 is 36.3 Å². The fourth-order valence-corrected chi connectivity index (χ4v) is 7.92. The van der Waals surface area contributed by atoms with Gasteiger partial charge in [0.15, 0.2) is 17.3 Å². The summed E-state index contributed by atoms with van der Waals surface area (Å²) in [6.07, 6.45) is 1.09. The van der Waals surface area contributed by atoms with Gasteiger partial charge in [-0.05, 0) is 73.8 Å². The molecule has 0 radical (unpaired) electrons. The molecule has 1 amide bonds. The van der Waals surface area contributed by atoms with E-state index in [-0.39, 0.29) is 63.7 Å². The maximum atomic E-state index is 15.1. The molecule has 2 atom stereocenters. The number of halogens is 7. The highest BCUT2D eigenvalue weighted by Crippen LogP contribution is 2.59. The third-order valence-electron chi connectivity index (χ3n) is 10.6. The third-order valence-corrected chi connectivity index (χ3v) is 11.2. The van der Waals surface area contributed by atoms with E-state index in [0.29, 0.717) is 5.56 Å². The molecule has 56 heavy (non-hydrogen) atoms. The molecule has 18 heteroatoms. The van der Waals surface area contributed by atoms with Gasteiger partial charge in [-0.3, -0.25) is 19.2 Å². The van der Waals surface area contributed by atoms with Crippen molar-refractivity contribution in [3.05, 3.63) is 81.9 Å². The Kier molecular flexibility index (Phi) is 10.00. The lowest BCUT2D eigenvalue weighted by atomic mass is 9.75. The van der Waals surface area contributed by atoms with Crippen molar-refractivity contribution in [2.24, 2.45) is 21.6 Å². The number of ether oxygens (including phenoxy) is 1. The van der Waals surface area contributed by atoms with Gasteiger partial charge < -0.3 is 10.5 Å². The molecule has 0 bridgehead atoms. The van der Waals surface area contributed by atoms with Gasteiger partial charge in [0.25, 0.3) is 18.3 Å². The van der Waals surface area contributed by atoms with Crippen LogP contribution in [0.4, 0.5) is 22.0 Å². The molecule has 2 aromatic carbocycles. The average molecular weight is 822 g/mol. The first-order valence-electron chi connectivity index (χ1n) is 18.0. The number of benzene rings is 2. The van der Waals surface area contributed by atoms with Gasteiger partial charge in [0.05, 0.1) is 34.8 Å². The van der Waals surface area contributed by atoms with Crippen molar-refractivity contribution >= 4 is 41.0 Å². The van der Waals surface area contributed by atoms with Crippen LogP contribution in [0.15, 0.2) is 53.9 Å². The molecule has 0 saturated heterocycles. The van der Waals surface area contributed by atoms with E-state index >= 15 is 9.18 Å². The molecular weight excluding hydrogens is 782 g/mol. The number of guanidine groups is 1. The number of amides is 1. The Morgan fingerprint density at radius 1 is 1.07 bits per heavy atom. The van der Waals surface area contributed by atoms with Crippen LogP contribution in [0, 0.1) is 16.8 Å². The Balaban J connectivity index is 1.29. The Labute approximate surface area is 329 Å². The second-order valence-electron chi connectivity index (χ2n) is 16.1. The summed E-state index contributed by atoms with van der Waals surface area (Å²) in [6.45, 7) is 5.84. The van der Waals surface area contributed by atoms with E-state index in [2.05, 4.69) is 15.2 Å². The molecule has 0 unspecified atom stereocenters. The van der Waals surface area contributed by atoms with Gasteiger partial charge in [-0.15, -0.1) is 5.10 Å². The van der Waals surface area contributed by atoms with Crippen molar-refractivity contribution in [1.29, 1.82) is 0 Å². The lowest BCUT2D eigenvalue weighted by Gasteiger charge is -2.35. The van der Waals surface area contributed by atoms with Gasteiger partial charge in [0.2, 0.25) is 5.95 Å². The molecule has 11 nitrogen and oxygen atoms in total. The number of aliphatic imine (C=N–C) groups is 1. The summed E-state index contributed by atoms with van der Waals surface area (Å²) in [6, 6.07) is 7.82. The van der Waals surface area contributed by atoms with Crippen molar-refractivity contribution in [2.75, 3.05) is 6.61 Å². The number of carbonyl (C=O) groups excluding carboxylic acids is 2. The lowest BCUT2D eigenvalue weighted by Crippen LogP contribution is -2.47. The molecule has 1 aliphatic heterocycles. The molecule has 2 aliphatic carbocycles. The first-order chi connectivity index (χ1) is 26.2. The summed E-state index contributed by atoms with van der Waals surface area (Å²) in [5, 5.41) is 8.01. The van der Waals surface area contributed by atoms with Gasteiger partial charge in [-0.1, -0.05) is 62.2 Å². The second kappa shape index (κ2) is 14.1. The van der Waals surface area contributed by atoms with Gasteiger partial charge in [0, 0.05) is 22.2 Å². The Morgan fingerprint density at radius 3 is 2.39 bits per heavy atom. The minimum atomic E-state index is -3.14. The molecule has 2 saturated carbocycles. The van der Waals surface area contributed by atoms with Crippen LogP contribution < -0.4 is 5.73 Å². The van der Waals surface area contributed by atoms with Gasteiger partial charge >= 0.3 is 5.97 Å². The zero-order valence-corrected chi connectivity index (χ0v) is 32.4. The monoisotopic (exact) mass is 820 g/mol. The van der Waals surface area contributed by atoms with Crippen LogP contribution >= 0.6 is 23.2 Å². The van der Waals surface area contributed by atoms with Crippen molar-refractivity contribution in [3.8, 4) is 16.8 Å². The average Bonchev–Trinajstić information content (AvgIpc) is 4.00. The Hall–Kier alpha value is -4.57. The number of nitrogens with zero attached hydrogens (tertiary/aromatic N) is 7. The highest BCUT2D eigenvalue weighted by molar-refractivity contribution is 6.32. The number of aromatic nitrogens is 5. The van der Waals surface area contributed by atoms with Crippen molar-refractivity contribution in [1.82, 2.24) is 29.4 Å². The maximum Gasteiger partial charge on any atom is 0.306 e. The molecule has 3 heterocycles. The normalized spacial score (nSPS) is 20.1. The number of nitrogens with two attached hydrogens (primary N) is 1. The highest BCUT2D eigenvalue weighted by atomic mass is 35.5. The molecule has 0 spiro atoms. The fourth-order valence-electron chi connectivity index (χ4n) is 7.39. The largest absolute Gasteiger partial charge is 0.463 e. The third kappa shape index (κ3) is 7.37. The van der Waals surface area contributed by atoms with Crippen LogP contribution in [0.5, 0.6) is 0 Å². The summed E-state index contributed by atoms with van der Waals surface area (Å²) in [7, 11) is 0. The summed E-state index contributed by atoms with van der Waals surface area (Å²) < 4.78 is 79.7. The number of hydrogen-bond acceptors (Lipinski definition) is 8. The topological polar surface area (TPSA) is 134 Å². The first-order valence-corrected chi connectivity index (χ1v) is 18.7. The Morgan fingerprint density at radius 2 is 1.79 bits per heavy atom. The van der Waals surface area contributed by atoms with Crippen LogP contribution in [-0.4, -0.2) is 59.8 Å². The SMILES string of the molecule is CC(C)(C)C[C@]1(c2ccc(-c3cn(C4CC4)nc3F)cc2Cl)N=C(N)N([C@H](COC(=O)CC2(C(C)(F)F)CC2)c2ccc(Cl)c(-n3ncnc3C(F)F)c2)C1=O. The van der Waals surface area contributed by atoms with E-state index in [9.17, 15) is 22.4 Å². The van der Waals surface area contributed by atoms with Crippen molar-refractivity contribution in [3.63, 3.8) is 0 Å². The summed E-state index contributed by atoms with van der Waals surface area (Å²) >= 11 is 13.4. The molecule has 2 fully saturated rings. The van der Waals surface area contributed by atoms with Gasteiger partial charge in [-0.25, -0.2) is 32.2 Å². The lowest BCUT2D eigenvalue weighted by molar-refractivity contribution is -0.153. The number of carbonyl (C=O) groups is 2. The Bertz CT molecular complexity index is 2220. The number of alkyl halides is 4. The van der Waals surface area contributed by atoms with E-state index in [1.54, 1.807) is 23.0 Å². The van der Waals surface area contributed by atoms with Gasteiger partial charge in [0.1, 0.15) is 12.9 Å². The zero-order valence-electron chi connectivity index (χ0n) is 30.9. The van der Waals surface area contributed by atoms with E-state index < -0.39 is 71.4 Å². The molecule has 3 aliphatic rings. The van der Waals surface area contributed by atoms with E-state index in [0.717, 1.165) is 35.7 Å². The minimum Gasteiger partial charge on any atom is -0.463 e. The molecule has 2 N–H and O–H groups in total. The summed E-state index contributed by atoms with van der Waals surface area (Å²) in [4.78, 5) is 37.8. The standard InChI is InChI=1S/C38H39Cl2F5N8O3/c1-35(2,3)18-38(24-9-5-20(13-26(24)40)23-16-51(22-7-8-22)50-31(23)43)33(55)52(34(46)49-38)28(17-56-29(54)15-37(11-12-37)36(4,44)45)21-6-10-25(39)27(14-21)53-32(30(41)42)47-19-48-53/h5-6,9-10,13-14,16,19,22,28,30H,7-8,11-12,15,17-18H2,1-4H3,(H2,46,49)/t28-,38-/m1/s1. The molecule has 4 aromatic rings. The van der Waals surface area contributed by atoms with E-state index in [1.807, 2.05) is 20.8 Å². The quantitative estimate of drug-likeness (QED) is 0.105. The summed E-state index contributed by atoms with van der Waals surface area (Å²) in [5.41, 5.74) is 3.86. The minimum absolute atomic E-state index is 0.000182. The highest BCUT2D eigenvalue weighted by Gasteiger charge is 2.60. The molecule has 298 valence electrons. The van der Waals surface area contributed by atoms with Gasteiger partial charge in [-0.2, -0.15) is 9.49 Å². The first kappa shape index (κ1) is 39.7. The van der Waals surface area contributed by atoms with Crippen LogP contribution in [0.25, 0.3) is 16.8 Å². The zero-order chi connectivity index (χ0) is 40.5. The smallest absolute Gasteiger partial charge is 0.306 e. The van der Waals surface area contributed by atoms with E-state index in [1.165, 1.54) is 24.3 Å². The van der Waals surface area contributed by atoms with E-state index in [4.69, 9.17) is 38.7 Å². The van der Waals surface area contributed by atoms with Crippen LogP contribution in [0.2, 0.25) is 10.0 Å². The predicted octanol–water partition coefficient (Wildman–Crippen LogP) is 8.75. The predicted molar refractivity (Wildman–Crippen MR) is 197 cm³/mol.